The van der Waals surface area contributed by atoms with Crippen LogP contribution in [0.2, 0.25) is 0 Å². The fourth-order valence-corrected chi connectivity index (χ4v) is 1.33. The van der Waals surface area contributed by atoms with Crippen molar-refractivity contribution in [3.63, 3.8) is 0 Å². The summed E-state index contributed by atoms with van der Waals surface area (Å²) in [6, 6.07) is 0. The van der Waals surface area contributed by atoms with E-state index in [0.29, 0.717) is 0 Å². The Bertz CT molecular complexity index is 220. The zero-order valence-corrected chi connectivity index (χ0v) is 8.11. The van der Waals surface area contributed by atoms with Crippen LogP contribution in [0.25, 0.3) is 0 Å². The van der Waals surface area contributed by atoms with E-state index in [1.54, 1.807) is 0 Å². The third kappa shape index (κ3) is 1.52. The van der Waals surface area contributed by atoms with Crippen molar-refractivity contribution in [1.82, 2.24) is 5.32 Å². The molecule has 1 aliphatic heterocycles. The van der Waals surface area contributed by atoms with Gasteiger partial charge in [0.05, 0.1) is 0 Å². The van der Waals surface area contributed by atoms with Crippen molar-refractivity contribution in [2.24, 2.45) is 5.41 Å². The van der Waals surface area contributed by atoms with E-state index < -0.39 is 0 Å². The monoisotopic (exact) mass is 167 g/mol. The van der Waals surface area contributed by atoms with Crippen molar-refractivity contribution >= 4 is 5.91 Å². The van der Waals surface area contributed by atoms with Crippen LogP contribution in [0.5, 0.6) is 0 Å². The predicted octanol–water partition coefficient (Wildman–Crippen LogP) is 2.22. The average molecular weight is 167 g/mol. The Kier molecular flexibility index (Phi) is 2.55. The second kappa shape index (κ2) is 3.30. The van der Waals surface area contributed by atoms with Crippen LogP contribution in [0.1, 0.15) is 40.0 Å². The molecular weight excluding hydrogens is 150 g/mol. The largest absolute Gasteiger partial charge is 0.330 e. The summed E-state index contributed by atoms with van der Waals surface area (Å²) in [7, 11) is 0. The summed E-state index contributed by atoms with van der Waals surface area (Å²) in [6.07, 6.45) is 4.86. The molecular formula is C10H17NO. The lowest BCUT2D eigenvalue weighted by molar-refractivity contribution is -0.130. The molecule has 1 aliphatic rings. The maximum atomic E-state index is 11.6. The maximum absolute atomic E-state index is 11.6. The molecule has 0 saturated heterocycles. The van der Waals surface area contributed by atoms with E-state index in [1.165, 1.54) is 0 Å². The van der Waals surface area contributed by atoms with Crippen LogP contribution < -0.4 is 5.32 Å². The van der Waals surface area contributed by atoms with Gasteiger partial charge in [0.25, 0.3) is 0 Å². The quantitative estimate of drug-likeness (QED) is 0.671. The first-order valence-electron chi connectivity index (χ1n) is 4.63. The molecule has 12 heavy (non-hydrogen) atoms. The Morgan fingerprint density at radius 1 is 1.58 bits per heavy atom. The summed E-state index contributed by atoms with van der Waals surface area (Å²) in [5.41, 5.74) is 0.907. The predicted molar refractivity (Wildman–Crippen MR) is 49.5 cm³/mol. The first-order chi connectivity index (χ1) is 5.62. The molecule has 0 bridgehead atoms. The smallest absolute Gasteiger partial charge is 0.230 e. The molecule has 2 heteroatoms. The van der Waals surface area contributed by atoms with Gasteiger partial charge in [-0.25, -0.2) is 0 Å². The highest BCUT2D eigenvalue weighted by Crippen LogP contribution is 2.30. The Morgan fingerprint density at radius 2 is 2.25 bits per heavy atom. The highest BCUT2D eigenvalue weighted by Gasteiger charge is 2.33. The highest BCUT2D eigenvalue weighted by atomic mass is 16.2. The molecule has 0 aromatic heterocycles. The molecule has 1 amide bonds. The average Bonchev–Trinajstić information content (AvgIpc) is 2.10. The Hall–Kier alpha value is -0.790. The van der Waals surface area contributed by atoms with Crippen LogP contribution in [-0.4, -0.2) is 5.91 Å². The first kappa shape index (κ1) is 9.30. The summed E-state index contributed by atoms with van der Waals surface area (Å²) < 4.78 is 0. The molecule has 0 saturated carbocycles. The van der Waals surface area contributed by atoms with Gasteiger partial charge >= 0.3 is 0 Å². The molecule has 0 aromatic carbocycles. The molecule has 0 aliphatic carbocycles. The zero-order valence-electron chi connectivity index (χ0n) is 8.11. The van der Waals surface area contributed by atoms with E-state index in [1.807, 2.05) is 6.92 Å². The first-order valence-corrected chi connectivity index (χ1v) is 4.63. The van der Waals surface area contributed by atoms with Crippen molar-refractivity contribution in [2.75, 3.05) is 0 Å². The SMILES string of the molecule is CCC1=CCC(C)(CC)C(=O)N1. The third-order valence-corrected chi connectivity index (χ3v) is 2.78. The fraction of sp³-hybridized carbons (Fsp3) is 0.700. The van der Waals surface area contributed by atoms with Gasteiger partial charge in [-0.15, -0.1) is 0 Å². The van der Waals surface area contributed by atoms with Gasteiger partial charge in [0.1, 0.15) is 0 Å². The summed E-state index contributed by atoms with van der Waals surface area (Å²) in [4.78, 5) is 11.6. The van der Waals surface area contributed by atoms with Crippen LogP contribution in [0, 0.1) is 5.41 Å². The van der Waals surface area contributed by atoms with Crippen LogP contribution in [-0.2, 0) is 4.79 Å². The molecule has 1 atom stereocenters. The second-order valence-corrected chi connectivity index (χ2v) is 3.66. The Balaban J connectivity index is 2.77. The van der Waals surface area contributed by atoms with Crippen molar-refractivity contribution < 1.29 is 4.79 Å². The molecule has 1 N–H and O–H groups in total. The van der Waals surface area contributed by atoms with Gasteiger partial charge in [0.2, 0.25) is 5.91 Å². The molecule has 0 spiro atoms. The second-order valence-electron chi connectivity index (χ2n) is 3.66. The number of hydrogen-bond acceptors (Lipinski definition) is 1. The van der Waals surface area contributed by atoms with Crippen LogP contribution in [0.15, 0.2) is 11.8 Å². The van der Waals surface area contributed by atoms with E-state index in [-0.39, 0.29) is 11.3 Å². The number of rotatable bonds is 2. The zero-order chi connectivity index (χ0) is 9.19. The van der Waals surface area contributed by atoms with Crippen LogP contribution in [0.3, 0.4) is 0 Å². The van der Waals surface area contributed by atoms with Gasteiger partial charge in [-0.3, -0.25) is 4.79 Å². The standard InChI is InChI=1S/C10H17NO/c1-4-8-6-7-10(3,5-2)9(12)11-8/h6H,4-5,7H2,1-3H3,(H,11,12). The molecule has 1 unspecified atom stereocenters. The van der Waals surface area contributed by atoms with E-state index >= 15 is 0 Å². The topological polar surface area (TPSA) is 29.1 Å². The fourth-order valence-electron chi connectivity index (χ4n) is 1.33. The van der Waals surface area contributed by atoms with Crippen molar-refractivity contribution in [3.05, 3.63) is 11.8 Å². The Labute approximate surface area is 74.0 Å². The van der Waals surface area contributed by atoms with E-state index in [9.17, 15) is 4.79 Å². The molecule has 0 fully saturated rings. The number of nitrogens with one attached hydrogen (secondary N) is 1. The van der Waals surface area contributed by atoms with Gasteiger partial charge < -0.3 is 5.32 Å². The number of amides is 1. The molecule has 68 valence electrons. The van der Waals surface area contributed by atoms with E-state index in [4.69, 9.17) is 0 Å². The van der Waals surface area contributed by atoms with Crippen molar-refractivity contribution in [3.8, 4) is 0 Å². The van der Waals surface area contributed by atoms with E-state index in [0.717, 1.165) is 25.0 Å². The number of carbonyl (C=O) groups excluding carboxylic acids is 1. The van der Waals surface area contributed by atoms with Crippen LogP contribution >= 0.6 is 0 Å². The van der Waals surface area contributed by atoms with Gasteiger partial charge in [-0.1, -0.05) is 26.8 Å². The van der Waals surface area contributed by atoms with E-state index in [2.05, 4.69) is 25.2 Å². The summed E-state index contributed by atoms with van der Waals surface area (Å²) in [5.74, 6) is 0.185. The number of hydrogen-bond donors (Lipinski definition) is 1. The molecule has 2 nitrogen and oxygen atoms in total. The lowest BCUT2D eigenvalue weighted by Crippen LogP contribution is -2.40. The van der Waals surface area contributed by atoms with Crippen LogP contribution in [0.4, 0.5) is 0 Å². The summed E-state index contributed by atoms with van der Waals surface area (Å²) in [5, 5.41) is 2.93. The normalized spacial score (nSPS) is 29.6. The van der Waals surface area contributed by atoms with Gasteiger partial charge in [0.15, 0.2) is 0 Å². The molecule has 0 radical (unpaired) electrons. The third-order valence-electron chi connectivity index (χ3n) is 2.78. The van der Waals surface area contributed by atoms with Crippen molar-refractivity contribution in [1.29, 1.82) is 0 Å². The maximum Gasteiger partial charge on any atom is 0.230 e. The minimum Gasteiger partial charge on any atom is -0.330 e. The highest BCUT2D eigenvalue weighted by molar-refractivity contribution is 5.85. The minimum absolute atomic E-state index is 0.168. The molecule has 1 rings (SSSR count). The number of allylic oxidation sites excluding steroid dienone is 2. The summed E-state index contributed by atoms with van der Waals surface area (Å²) in [6.45, 7) is 6.14. The molecule has 0 aromatic rings. The summed E-state index contributed by atoms with van der Waals surface area (Å²) >= 11 is 0. The lowest BCUT2D eigenvalue weighted by Gasteiger charge is -2.30. The van der Waals surface area contributed by atoms with Crippen molar-refractivity contribution in [2.45, 2.75) is 40.0 Å². The minimum atomic E-state index is -0.168. The van der Waals surface area contributed by atoms with Gasteiger partial charge in [0, 0.05) is 11.1 Å². The lowest BCUT2D eigenvalue weighted by atomic mass is 9.80. The Morgan fingerprint density at radius 3 is 2.67 bits per heavy atom. The van der Waals surface area contributed by atoms with Gasteiger partial charge in [-0.2, -0.15) is 0 Å². The molecule has 1 heterocycles. The number of carbonyl (C=O) groups is 1. The van der Waals surface area contributed by atoms with Gasteiger partial charge in [-0.05, 0) is 19.3 Å².